The van der Waals surface area contributed by atoms with Gasteiger partial charge >= 0.3 is 6.03 Å². The third-order valence-electron chi connectivity index (χ3n) is 2.54. The van der Waals surface area contributed by atoms with Gasteiger partial charge in [-0.25, -0.2) is 9.18 Å². The highest BCUT2D eigenvalue weighted by molar-refractivity contribution is 5.71. The zero-order valence-electron chi connectivity index (χ0n) is 9.61. The Labute approximate surface area is 103 Å². The predicted molar refractivity (Wildman–Crippen MR) is 65.3 cm³/mol. The van der Waals surface area contributed by atoms with Crippen LogP contribution in [0.15, 0.2) is 30.5 Å². The minimum Gasteiger partial charge on any atom is -0.352 e. The standard InChI is InChI=1S/C12H13FN4O/c13-10-3-1-8(2-4-10)11-9(7-16-17-11)5-6-15-12(14)18/h1-4,7H,5-6H2,(H,16,17)(H3,14,15,18). The number of nitrogens with zero attached hydrogens (tertiary/aromatic N) is 1. The topological polar surface area (TPSA) is 83.8 Å². The van der Waals surface area contributed by atoms with Crippen LogP contribution in [0.1, 0.15) is 5.56 Å². The summed E-state index contributed by atoms with van der Waals surface area (Å²) in [4.78, 5) is 10.6. The Morgan fingerprint density at radius 2 is 2.11 bits per heavy atom. The van der Waals surface area contributed by atoms with E-state index in [2.05, 4.69) is 15.5 Å². The molecule has 0 radical (unpaired) electrons. The van der Waals surface area contributed by atoms with Gasteiger partial charge in [0, 0.05) is 12.1 Å². The first kappa shape index (κ1) is 12.1. The Morgan fingerprint density at radius 3 is 2.78 bits per heavy atom. The fraction of sp³-hybridized carbons (Fsp3) is 0.167. The van der Waals surface area contributed by atoms with E-state index in [0.29, 0.717) is 13.0 Å². The highest BCUT2D eigenvalue weighted by Crippen LogP contribution is 2.21. The molecule has 2 amide bonds. The molecular weight excluding hydrogens is 235 g/mol. The summed E-state index contributed by atoms with van der Waals surface area (Å²) in [6.45, 7) is 0.434. The van der Waals surface area contributed by atoms with Crippen molar-refractivity contribution in [1.29, 1.82) is 0 Å². The molecular formula is C12H13FN4O. The number of urea groups is 1. The Morgan fingerprint density at radius 1 is 1.39 bits per heavy atom. The van der Waals surface area contributed by atoms with E-state index in [1.54, 1.807) is 18.3 Å². The molecule has 0 aliphatic heterocycles. The number of halogens is 1. The summed E-state index contributed by atoms with van der Waals surface area (Å²) < 4.78 is 12.8. The molecule has 0 aliphatic rings. The fourth-order valence-electron chi connectivity index (χ4n) is 1.69. The molecule has 0 saturated carbocycles. The normalized spacial score (nSPS) is 10.3. The van der Waals surface area contributed by atoms with Crippen molar-refractivity contribution in [2.75, 3.05) is 6.54 Å². The van der Waals surface area contributed by atoms with E-state index in [1.165, 1.54) is 12.1 Å². The summed E-state index contributed by atoms with van der Waals surface area (Å²) in [7, 11) is 0. The van der Waals surface area contributed by atoms with Crippen molar-refractivity contribution in [3.05, 3.63) is 41.8 Å². The van der Waals surface area contributed by atoms with Crippen molar-refractivity contribution >= 4 is 6.03 Å². The molecule has 0 atom stereocenters. The second-order valence-electron chi connectivity index (χ2n) is 3.82. The lowest BCUT2D eigenvalue weighted by atomic mass is 10.1. The number of nitrogens with two attached hydrogens (primary N) is 1. The third kappa shape index (κ3) is 2.85. The molecule has 0 spiro atoms. The minimum atomic E-state index is -0.554. The molecule has 4 N–H and O–H groups in total. The largest absolute Gasteiger partial charge is 0.352 e. The number of H-pyrrole nitrogens is 1. The summed E-state index contributed by atoms with van der Waals surface area (Å²) in [5.74, 6) is -0.282. The van der Waals surface area contributed by atoms with E-state index < -0.39 is 6.03 Å². The lowest BCUT2D eigenvalue weighted by Crippen LogP contribution is -2.30. The van der Waals surface area contributed by atoms with Crippen LogP contribution in [-0.4, -0.2) is 22.8 Å². The quantitative estimate of drug-likeness (QED) is 0.764. The molecule has 0 bridgehead atoms. The van der Waals surface area contributed by atoms with Crippen LogP contribution in [-0.2, 0) is 6.42 Å². The van der Waals surface area contributed by atoms with Crippen molar-refractivity contribution in [3.63, 3.8) is 0 Å². The van der Waals surface area contributed by atoms with Gasteiger partial charge in [-0.2, -0.15) is 5.10 Å². The molecule has 5 nitrogen and oxygen atoms in total. The van der Waals surface area contributed by atoms with Crippen LogP contribution in [0.3, 0.4) is 0 Å². The maximum Gasteiger partial charge on any atom is 0.312 e. The van der Waals surface area contributed by atoms with Crippen LogP contribution in [0.25, 0.3) is 11.3 Å². The first-order valence-corrected chi connectivity index (χ1v) is 5.48. The first-order chi connectivity index (χ1) is 8.66. The van der Waals surface area contributed by atoms with Crippen molar-refractivity contribution in [1.82, 2.24) is 15.5 Å². The average Bonchev–Trinajstić information content (AvgIpc) is 2.78. The Kier molecular flexibility index (Phi) is 3.57. The molecule has 2 aromatic rings. The van der Waals surface area contributed by atoms with Crippen LogP contribution < -0.4 is 11.1 Å². The lowest BCUT2D eigenvalue weighted by Gasteiger charge is -2.04. The minimum absolute atomic E-state index is 0.282. The smallest absolute Gasteiger partial charge is 0.312 e. The zero-order chi connectivity index (χ0) is 13.0. The van der Waals surface area contributed by atoms with E-state index in [-0.39, 0.29) is 5.82 Å². The van der Waals surface area contributed by atoms with E-state index in [0.717, 1.165) is 16.8 Å². The number of aromatic amines is 1. The number of nitrogens with one attached hydrogen (secondary N) is 2. The van der Waals surface area contributed by atoms with Crippen molar-refractivity contribution < 1.29 is 9.18 Å². The summed E-state index contributed by atoms with van der Waals surface area (Å²) in [6.07, 6.45) is 2.29. The summed E-state index contributed by atoms with van der Waals surface area (Å²) in [6, 6.07) is 5.58. The highest BCUT2D eigenvalue weighted by atomic mass is 19.1. The number of carbonyl (C=O) groups excluding carboxylic acids is 1. The van der Waals surface area contributed by atoms with Gasteiger partial charge in [0.05, 0.1) is 11.9 Å². The molecule has 94 valence electrons. The molecule has 2 rings (SSSR count). The van der Waals surface area contributed by atoms with Gasteiger partial charge in [-0.05, 0) is 36.2 Å². The second-order valence-corrected chi connectivity index (χ2v) is 3.82. The third-order valence-corrected chi connectivity index (χ3v) is 2.54. The Bertz CT molecular complexity index is 535. The number of primary amides is 1. The molecule has 0 unspecified atom stereocenters. The van der Waals surface area contributed by atoms with E-state index in [4.69, 9.17) is 5.73 Å². The van der Waals surface area contributed by atoms with Gasteiger partial charge in [0.2, 0.25) is 0 Å². The molecule has 18 heavy (non-hydrogen) atoms. The van der Waals surface area contributed by atoms with Crippen molar-refractivity contribution in [2.45, 2.75) is 6.42 Å². The molecule has 1 aromatic carbocycles. The highest BCUT2D eigenvalue weighted by Gasteiger charge is 2.07. The van der Waals surface area contributed by atoms with Gasteiger partial charge in [-0.15, -0.1) is 0 Å². The van der Waals surface area contributed by atoms with E-state index in [9.17, 15) is 9.18 Å². The SMILES string of the molecule is NC(=O)NCCc1cn[nH]c1-c1ccc(F)cc1. The fourth-order valence-corrected chi connectivity index (χ4v) is 1.69. The zero-order valence-corrected chi connectivity index (χ0v) is 9.61. The maximum atomic E-state index is 12.8. The van der Waals surface area contributed by atoms with Gasteiger partial charge in [-0.1, -0.05) is 0 Å². The van der Waals surface area contributed by atoms with Crippen LogP contribution in [0.4, 0.5) is 9.18 Å². The molecule has 1 heterocycles. The second kappa shape index (κ2) is 5.31. The first-order valence-electron chi connectivity index (χ1n) is 5.48. The van der Waals surface area contributed by atoms with Crippen molar-refractivity contribution in [2.24, 2.45) is 5.73 Å². The van der Waals surface area contributed by atoms with Crippen molar-refractivity contribution in [3.8, 4) is 11.3 Å². The maximum absolute atomic E-state index is 12.8. The Hall–Kier alpha value is -2.37. The van der Waals surface area contributed by atoms with E-state index in [1.807, 2.05) is 0 Å². The molecule has 6 heteroatoms. The van der Waals surface area contributed by atoms with Crippen LogP contribution in [0, 0.1) is 5.82 Å². The number of hydrogen-bond acceptors (Lipinski definition) is 2. The van der Waals surface area contributed by atoms with Crippen LogP contribution in [0.5, 0.6) is 0 Å². The number of rotatable bonds is 4. The molecule has 0 aliphatic carbocycles. The number of amides is 2. The average molecular weight is 248 g/mol. The van der Waals surface area contributed by atoms with Crippen LogP contribution >= 0.6 is 0 Å². The molecule has 0 saturated heterocycles. The van der Waals surface area contributed by atoms with Gasteiger partial charge < -0.3 is 11.1 Å². The molecule has 1 aromatic heterocycles. The number of aromatic nitrogens is 2. The van der Waals surface area contributed by atoms with Gasteiger partial charge in [-0.3, -0.25) is 5.10 Å². The Balaban J connectivity index is 2.12. The van der Waals surface area contributed by atoms with Gasteiger partial charge in [0.15, 0.2) is 0 Å². The molecule has 0 fully saturated rings. The number of hydrogen-bond donors (Lipinski definition) is 3. The van der Waals surface area contributed by atoms with E-state index >= 15 is 0 Å². The van der Waals surface area contributed by atoms with Crippen LogP contribution in [0.2, 0.25) is 0 Å². The monoisotopic (exact) mass is 248 g/mol. The summed E-state index contributed by atoms with van der Waals surface area (Å²) in [5.41, 5.74) is 7.59. The van der Waals surface area contributed by atoms with Gasteiger partial charge in [0.25, 0.3) is 0 Å². The van der Waals surface area contributed by atoms with Gasteiger partial charge in [0.1, 0.15) is 5.82 Å². The lowest BCUT2D eigenvalue weighted by molar-refractivity contribution is 0.249. The summed E-state index contributed by atoms with van der Waals surface area (Å²) >= 11 is 0. The number of carbonyl (C=O) groups is 1. The number of benzene rings is 1. The predicted octanol–water partition coefficient (Wildman–Crippen LogP) is 1.43. The summed E-state index contributed by atoms with van der Waals surface area (Å²) in [5, 5.41) is 9.33.